The van der Waals surface area contributed by atoms with Gasteiger partial charge in [0.15, 0.2) is 5.96 Å². The fourth-order valence-corrected chi connectivity index (χ4v) is 3.70. The zero-order chi connectivity index (χ0) is 19.5. The van der Waals surface area contributed by atoms with E-state index in [1.165, 1.54) is 18.4 Å². The quantitative estimate of drug-likeness (QED) is 0.375. The van der Waals surface area contributed by atoms with Gasteiger partial charge >= 0.3 is 0 Å². The summed E-state index contributed by atoms with van der Waals surface area (Å²) in [5, 5.41) is 6.57. The summed E-state index contributed by atoms with van der Waals surface area (Å²) in [6.07, 6.45) is 4.78. The summed E-state index contributed by atoms with van der Waals surface area (Å²) >= 11 is 1.65. The van der Waals surface area contributed by atoms with Gasteiger partial charge in [-0.05, 0) is 31.7 Å². The molecule has 1 heterocycles. The molecule has 1 aromatic carbocycles. The Morgan fingerprint density at radius 1 is 1.26 bits per heavy atom. The fraction of sp³-hybridized carbons (Fsp3) is 0.524. The monoisotopic (exact) mass is 388 g/mol. The summed E-state index contributed by atoms with van der Waals surface area (Å²) in [6, 6.07) is 10.7. The second-order valence-corrected chi connectivity index (χ2v) is 7.57. The highest BCUT2D eigenvalue weighted by molar-refractivity contribution is 7.09. The lowest BCUT2D eigenvalue weighted by Crippen LogP contribution is -2.38. The third-order valence-electron chi connectivity index (χ3n) is 4.51. The van der Waals surface area contributed by atoms with E-state index in [9.17, 15) is 0 Å². The van der Waals surface area contributed by atoms with Crippen LogP contribution in [0.2, 0.25) is 0 Å². The van der Waals surface area contributed by atoms with Crippen molar-refractivity contribution in [1.29, 1.82) is 0 Å². The van der Waals surface area contributed by atoms with E-state index >= 15 is 0 Å². The summed E-state index contributed by atoms with van der Waals surface area (Å²) in [7, 11) is 5.58. The number of nitrogens with zero attached hydrogens (tertiary/aromatic N) is 3. The number of hydrogen-bond donors (Lipinski definition) is 1. The number of aryl methyl sites for hydroxylation is 1. The Balaban J connectivity index is 1.67. The molecule has 27 heavy (non-hydrogen) atoms. The fourth-order valence-electron chi connectivity index (χ4n) is 2.86. The number of nitrogens with one attached hydrogen (secondary N) is 1. The van der Waals surface area contributed by atoms with Gasteiger partial charge in [-0.2, -0.15) is 0 Å². The number of methoxy groups -OCH3 is 1. The molecule has 0 aliphatic carbocycles. The average molecular weight is 389 g/mol. The Hall–Kier alpha value is -1.92. The van der Waals surface area contributed by atoms with Crippen molar-refractivity contribution in [3.8, 4) is 0 Å². The molecule has 0 aliphatic heterocycles. The molecule has 5 nitrogen and oxygen atoms in total. The number of ether oxygens (including phenoxy) is 1. The van der Waals surface area contributed by atoms with Crippen LogP contribution in [-0.4, -0.2) is 43.6 Å². The van der Waals surface area contributed by atoms with Crippen molar-refractivity contribution in [3.05, 3.63) is 52.0 Å². The van der Waals surface area contributed by atoms with Gasteiger partial charge in [-0.3, -0.25) is 4.99 Å². The molecule has 0 aliphatic rings. The van der Waals surface area contributed by atoms with E-state index in [4.69, 9.17) is 4.74 Å². The Morgan fingerprint density at radius 2 is 2.04 bits per heavy atom. The van der Waals surface area contributed by atoms with Crippen LogP contribution < -0.4 is 5.32 Å². The van der Waals surface area contributed by atoms with E-state index in [2.05, 4.69) is 55.9 Å². The number of aliphatic imine (C=N–C) groups is 1. The molecule has 1 N–H and O–H groups in total. The molecule has 148 valence electrons. The van der Waals surface area contributed by atoms with Gasteiger partial charge in [-0.1, -0.05) is 36.8 Å². The summed E-state index contributed by atoms with van der Waals surface area (Å²) in [5.74, 6) is 0.910. The third-order valence-corrected chi connectivity index (χ3v) is 5.57. The lowest BCUT2D eigenvalue weighted by molar-refractivity contribution is 0.119. The number of guanidine groups is 1. The van der Waals surface area contributed by atoms with E-state index in [-0.39, 0.29) is 6.10 Å². The lowest BCUT2D eigenvalue weighted by Gasteiger charge is -2.21. The first-order valence-electron chi connectivity index (χ1n) is 9.56. The molecular weight excluding hydrogens is 356 g/mol. The van der Waals surface area contributed by atoms with Crippen molar-refractivity contribution < 1.29 is 4.74 Å². The zero-order valence-electron chi connectivity index (χ0n) is 16.9. The molecule has 0 spiro atoms. The first kappa shape index (κ1) is 21.4. The van der Waals surface area contributed by atoms with Crippen LogP contribution in [-0.2, 0) is 17.7 Å². The number of unbranched alkanes of at least 4 members (excludes halogenated alkanes) is 2. The maximum atomic E-state index is 5.33. The highest BCUT2D eigenvalue weighted by Gasteiger charge is 2.12. The first-order valence-corrected chi connectivity index (χ1v) is 10.4. The molecule has 0 saturated carbocycles. The van der Waals surface area contributed by atoms with Gasteiger partial charge in [0.25, 0.3) is 0 Å². The molecule has 1 aromatic heterocycles. The summed E-state index contributed by atoms with van der Waals surface area (Å²) in [6.45, 7) is 3.69. The molecule has 0 amide bonds. The van der Waals surface area contributed by atoms with E-state index in [0.717, 1.165) is 42.6 Å². The molecule has 0 fully saturated rings. The van der Waals surface area contributed by atoms with Crippen molar-refractivity contribution in [2.45, 2.75) is 45.3 Å². The first-order chi connectivity index (χ1) is 13.1. The summed E-state index contributed by atoms with van der Waals surface area (Å²) < 4.78 is 5.33. The molecule has 6 heteroatoms. The van der Waals surface area contributed by atoms with Gasteiger partial charge in [0.2, 0.25) is 0 Å². The van der Waals surface area contributed by atoms with E-state index in [0.29, 0.717) is 0 Å². The number of benzene rings is 1. The van der Waals surface area contributed by atoms with Crippen LogP contribution in [0.4, 0.5) is 0 Å². The Kier molecular flexibility index (Phi) is 9.28. The van der Waals surface area contributed by atoms with Crippen molar-refractivity contribution >= 4 is 17.3 Å². The van der Waals surface area contributed by atoms with Gasteiger partial charge in [-0.25, -0.2) is 4.98 Å². The van der Waals surface area contributed by atoms with E-state index in [1.807, 2.05) is 21.0 Å². The SMILES string of the molecule is CN=C(NCCCCCc1ccccc1)N(C)Cc1csc(C(C)OC)n1. The number of aromatic nitrogens is 1. The van der Waals surface area contributed by atoms with Crippen molar-refractivity contribution in [2.24, 2.45) is 4.99 Å². The van der Waals surface area contributed by atoms with Crippen LogP contribution >= 0.6 is 11.3 Å². The van der Waals surface area contributed by atoms with Crippen LogP contribution in [0.5, 0.6) is 0 Å². The molecule has 0 saturated heterocycles. The van der Waals surface area contributed by atoms with Gasteiger partial charge < -0.3 is 15.0 Å². The number of rotatable bonds is 10. The van der Waals surface area contributed by atoms with Crippen molar-refractivity contribution in [1.82, 2.24) is 15.2 Å². The van der Waals surface area contributed by atoms with Crippen LogP contribution in [0.25, 0.3) is 0 Å². The number of thiazole rings is 1. The van der Waals surface area contributed by atoms with E-state index in [1.54, 1.807) is 18.4 Å². The molecule has 1 atom stereocenters. The van der Waals surface area contributed by atoms with Gasteiger partial charge in [-0.15, -0.1) is 11.3 Å². The van der Waals surface area contributed by atoms with Crippen LogP contribution in [0, 0.1) is 0 Å². The topological polar surface area (TPSA) is 49.8 Å². The lowest BCUT2D eigenvalue weighted by atomic mass is 10.1. The third kappa shape index (κ3) is 7.31. The normalized spacial score (nSPS) is 12.8. The average Bonchev–Trinajstić information content (AvgIpc) is 3.16. The standard InChI is InChI=1S/C21H32N4OS/c1-17(26-4)20-24-19(16-27-20)15-25(3)21(22-2)23-14-10-6-9-13-18-11-7-5-8-12-18/h5,7-8,11-12,16-17H,6,9-10,13-15H2,1-4H3,(H,22,23). The van der Waals surface area contributed by atoms with Crippen molar-refractivity contribution in [2.75, 3.05) is 27.7 Å². The highest BCUT2D eigenvalue weighted by atomic mass is 32.1. The summed E-state index contributed by atoms with van der Waals surface area (Å²) in [4.78, 5) is 11.2. The predicted molar refractivity (Wildman–Crippen MR) is 114 cm³/mol. The highest BCUT2D eigenvalue weighted by Crippen LogP contribution is 2.20. The molecule has 0 bridgehead atoms. The Labute approximate surface area is 167 Å². The van der Waals surface area contributed by atoms with Gasteiger partial charge in [0.1, 0.15) is 11.1 Å². The number of hydrogen-bond acceptors (Lipinski definition) is 4. The van der Waals surface area contributed by atoms with Crippen LogP contribution in [0.1, 0.15) is 48.6 Å². The minimum Gasteiger partial charge on any atom is -0.375 e. The minimum atomic E-state index is 0.0439. The maximum absolute atomic E-state index is 5.33. The Morgan fingerprint density at radius 3 is 2.74 bits per heavy atom. The molecule has 0 radical (unpaired) electrons. The second-order valence-electron chi connectivity index (χ2n) is 6.68. The predicted octanol–water partition coefficient (Wildman–Crippen LogP) is 4.27. The largest absolute Gasteiger partial charge is 0.375 e. The summed E-state index contributed by atoms with van der Waals surface area (Å²) in [5.41, 5.74) is 2.47. The Bertz CT molecular complexity index is 686. The zero-order valence-corrected chi connectivity index (χ0v) is 17.8. The van der Waals surface area contributed by atoms with Gasteiger partial charge in [0.05, 0.1) is 12.2 Å². The van der Waals surface area contributed by atoms with Gasteiger partial charge in [0, 0.05) is 33.1 Å². The van der Waals surface area contributed by atoms with Crippen LogP contribution in [0.3, 0.4) is 0 Å². The van der Waals surface area contributed by atoms with E-state index < -0.39 is 0 Å². The minimum absolute atomic E-state index is 0.0439. The van der Waals surface area contributed by atoms with Crippen LogP contribution in [0.15, 0.2) is 40.7 Å². The molecule has 1 unspecified atom stereocenters. The maximum Gasteiger partial charge on any atom is 0.193 e. The van der Waals surface area contributed by atoms with Crippen molar-refractivity contribution in [3.63, 3.8) is 0 Å². The molecule has 2 rings (SSSR count). The molecular formula is C21H32N4OS. The second kappa shape index (κ2) is 11.7. The molecule has 2 aromatic rings. The smallest absolute Gasteiger partial charge is 0.193 e.